The molecule has 1 unspecified atom stereocenters. The molecule has 3 N–H and O–H groups in total. The lowest BCUT2D eigenvalue weighted by atomic mass is 10.1. The number of amides is 1. The van der Waals surface area contributed by atoms with Crippen LogP contribution in [0, 0.1) is 5.92 Å². The molecule has 1 aliphatic rings. The van der Waals surface area contributed by atoms with Gasteiger partial charge >= 0.3 is 0 Å². The van der Waals surface area contributed by atoms with Crippen molar-refractivity contribution < 1.29 is 4.79 Å². The number of carbonyl (C=O) groups is 1. The van der Waals surface area contributed by atoms with Crippen molar-refractivity contribution in [3.63, 3.8) is 0 Å². The largest absolute Gasteiger partial charge is 0.355 e. The molecule has 0 saturated heterocycles. The van der Waals surface area contributed by atoms with Crippen LogP contribution in [-0.2, 0) is 11.2 Å². The van der Waals surface area contributed by atoms with Crippen LogP contribution < -0.4 is 11.1 Å². The number of aryl methyl sites for hydroxylation is 1. The molecule has 2 rings (SSSR count). The molecule has 0 bridgehead atoms. The molecule has 1 aliphatic carbocycles. The van der Waals surface area contributed by atoms with Crippen LogP contribution in [0.25, 0.3) is 0 Å². The summed E-state index contributed by atoms with van der Waals surface area (Å²) in [5.41, 5.74) is 6.95. The van der Waals surface area contributed by atoms with E-state index >= 15 is 0 Å². The van der Waals surface area contributed by atoms with E-state index in [4.69, 9.17) is 28.9 Å². The first-order valence-electron chi connectivity index (χ1n) is 6.52. The first-order chi connectivity index (χ1) is 9.06. The Kier molecular flexibility index (Phi) is 7.62. The standard InChI is InChI=1S/C13H18Cl2N2OS.ClH/c14-11-6-9(13(15)19-11)2-1-3-12(18)17-7-10(16)8-4-5-8;/h6,8,10H,1-5,7,16H2,(H,17,18);1H. The van der Waals surface area contributed by atoms with Gasteiger partial charge in [0.25, 0.3) is 0 Å². The maximum atomic E-state index is 11.6. The summed E-state index contributed by atoms with van der Waals surface area (Å²) in [6.45, 7) is 0.592. The lowest BCUT2D eigenvalue weighted by Gasteiger charge is -2.11. The second-order valence-electron chi connectivity index (χ2n) is 5.01. The fraction of sp³-hybridized carbons (Fsp3) is 0.615. The molecule has 0 radical (unpaired) electrons. The van der Waals surface area contributed by atoms with Crippen LogP contribution in [0.2, 0.25) is 8.67 Å². The SMILES string of the molecule is Cl.NC(CNC(=O)CCCc1cc(Cl)sc1Cl)C1CC1. The minimum absolute atomic E-state index is 0. The van der Waals surface area contributed by atoms with Crippen LogP contribution in [0.3, 0.4) is 0 Å². The van der Waals surface area contributed by atoms with E-state index in [9.17, 15) is 4.79 Å². The quantitative estimate of drug-likeness (QED) is 0.782. The number of hydrogen-bond acceptors (Lipinski definition) is 3. The summed E-state index contributed by atoms with van der Waals surface area (Å²) in [6.07, 6.45) is 4.46. The van der Waals surface area contributed by atoms with Crippen LogP contribution in [-0.4, -0.2) is 18.5 Å². The molecular weight excluding hydrogens is 339 g/mol. The first-order valence-corrected chi connectivity index (χ1v) is 8.09. The Balaban J connectivity index is 0.00000200. The number of halogens is 3. The number of nitrogens with two attached hydrogens (primary N) is 1. The lowest BCUT2D eigenvalue weighted by molar-refractivity contribution is -0.121. The fourth-order valence-corrected chi connectivity index (χ4v) is 3.54. The fourth-order valence-electron chi connectivity index (χ4n) is 2.00. The second-order valence-corrected chi connectivity index (χ2v) is 7.29. The molecule has 1 saturated carbocycles. The van der Waals surface area contributed by atoms with Crippen molar-refractivity contribution in [2.45, 2.75) is 38.1 Å². The molecular formula is C13H19Cl3N2OS. The van der Waals surface area contributed by atoms with Crippen molar-refractivity contribution in [2.75, 3.05) is 6.54 Å². The van der Waals surface area contributed by atoms with Crippen molar-refractivity contribution in [1.29, 1.82) is 0 Å². The van der Waals surface area contributed by atoms with E-state index in [1.165, 1.54) is 24.2 Å². The predicted octanol–water partition coefficient (Wildman–Crippen LogP) is 3.65. The predicted molar refractivity (Wildman–Crippen MR) is 88.2 cm³/mol. The van der Waals surface area contributed by atoms with Gasteiger partial charge in [0.2, 0.25) is 5.91 Å². The Labute approximate surface area is 139 Å². The Morgan fingerprint density at radius 3 is 2.75 bits per heavy atom. The Morgan fingerprint density at radius 1 is 1.50 bits per heavy atom. The molecule has 0 aliphatic heterocycles. The lowest BCUT2D eigenvalue weighted by Crippen LogP contribution is -2.38. The Bertz CT molecular complexity index is 449. The average Bonchev–Trinajstić information content (AvgIpc) is 3.14. The molecule has 1 aromatic heterocycles. The summed E-state index contributed by atoms with van der Waals surface area (Å²) in [7, 11) is 0. The van der Waals surface area contributed by atoms with E-state index in [1.54, 1.807) is 0 Å². The summed E-state index contributed by atoms with van der Waals surface area (Å²) in [4.78, 5) is 11.6. The molecule has 1 atom stereocenters. The molecule has 114 valence electrons. The van der Waals surface area contributed by atoms with E-state index in [1.807, 2.05) is 6.07 Å². The van der Waals surface area contributed by atoms with Crippen LogP contribution in [0.5, 0.6) is 0 Å². The molecule has 1 heterocycles. The van der Waals surface area contributed by atoms with Crippen molar-refractivity contribution in [3.05, 3.63) is 20.3 Å². The highest BCUT2D eigenvalue weighted by atomic mass is 35.5. The van der Waals surface area contributed by atoms with Crippen molar-refractivity contribution in [1.82, 2.24) is 5.32 Å². The van der Waals surface area contributed by atoms with Gasteiger partial charge in [-0.2, -0.15) is 0 Å². The summed E-state index contributed by atoms with van der Waals surface area (Å²) in [5, 5.41) is 2.89. The molecule has 3 nitrogen and oxygen atoms in total. The van der Waals surface area contributed by atoms with E-state index in [-0.39, 0.29) is 24.4 Å². The zero-order valence-corrected chi connectivity index (χ0v) is 14.2. The van der Waals surface area contributed by atoms with E-state index in [2.05, 4.69) is 5.32 Å². The van der Waals surface area contributed by atoms with Gasteiger partial charge in [-0.15, -0.1) is 23.7 Å². The van der Waals surface area contributed by atoms with Crippen molar-refractivity contribution in [2.24, 2.45) is 11.7 Å². The number of rotatable bonds is 7. The van der Waals surface area contributed by atoms with E-state index in [0.29, 0.717) is 23.2 Å². The van der Waals surface area contributed by atoms with Crippen molar-refractivity contribution >= 4 is 52.9 Å². The van der Waals surface area contributed by atoms with Crippen molar-refractivity contribution in [3.8, 4) is 0 Å². The second kappa shape index (κ2) is 8.44. The highest BCUT2D eigenvalue weighted by Gasteiger charge is 2.28. The third kappa shape index (κ3) is 5.78. The maximum absolute atomic E-state index is 11.6. The highest BCUT2D eigenvalue weighted by molar-refractivity contribution is 7.20. The van der Waals surface area contributed by atoms with Crippen LogP contribution in [0.4, 0.5) is 0 Å². The third-order valence-corrected chi connectivity index (χ3v) is 4.91. The number of hydrogen-bond donors (Lipinski definition) is 2. The normalized spacial score (nSPS) is 15.6. The summed E-state index contributed by atoms with van der Waals surface area (Å²) < 4.78 is 1.42. The molecule has 0 spiro atoms. The van der Waals surface area contributed by atoms with Crippen LogP contribution in [0.15, 0.2) is 6.07 Å². The highest BCUT2D eigenvalue weighted by Crippen LogP contribution is 2.32. The Morgan fingerprint density at radius 2 is 2.20 bits per heavy atom. The summed E-state index contributed by atoms with van der Waals surface area (Å²) in [6, 6.07) is 1.99. The number of thiophene rings is 1. The topological polar surface area (TPSA) is 55.1 Å². The average molecular weight is 358 g/mol. The molecule has 0 aromatic carbocycles. The molecule has 7 heteroatoms. The van der Waals surface area contributed by atoms with Crippen LogP contribution in [0.1, 0.15) is 31.2 Å². The zero-order chi connectivity index (χ0) is 13.8. The number of nitrogens with one attached hydrogen (secondary N) is 1. The maximum Gasteiger partial charge on any atom is 0.220 e. The minimum atomic E-state index is 0. The van der Waals surface area contributed by atoms with Gasteiger partial charge < -0.3 is 11.1 Å². The third-order valence-electron chi connectivity index (χ3n) is 3.34. The molecule has 1 fully saturated rings. The van der Waals surface area contributed by atoms with Gasteiger partial charge in [-0.05, 0) is 43.2 Å². The Hall–Kier alpha value is -0.0000000000000000555. The summed E-state index contributed by atoms with van der Waals surface area (Å²) in [5.74, 6) is 0.681. The van der Waals surface area contributed by atoms with Gasteiger partial charge in [-0.25, -0.2) is 0 Å². The number of carbonyl (C=O) groups excluding carboxylic acids is 1. The monoisotopic (exact) mass is 356 g/mol. The molecule has 1 aromatic rings. The van der Waals surface area contributed by atoms with Gasteiger partial charge in [-0.3, -0.25) is 4.79 Å². The summed E-state index contributed by atoms with van der Waals surface area (Å²) >= 11 is 13.3. The van der Waals surface area contributed by atoms with Gasteiger partial charge in [0.05, 0.1) is 8.67 Å². The van der Waals surface area contributed by atoms with Gasteiger partial charge in [0, 0.05) is 19.0 Å². The van der Waals surface area contributed by atoms with E-state index in [0.717, 1.165) is 22.7 Å². The smallest absolute Gasteiger partial charge is 0.220 e. The molecule has 1 amide bonds. The van der Waals surface area contributed by atoms with Gasteiger partial charge in [0.15, 0.2) is 0 Å². The van der Waals surface area contributed by atoms with Gasteiger partial charge in [0.1, 0.15) is 0 Å². The van der Waals surface area contributed by atoms with Gasteiger partial charge in [-0.1, -0.05) is 23.2 Å². The first kappa shape index (κ1) is 18.1. The molecule has 20 heavy (non-hydrogen) atoms. The van der Waals surface area contributed by atoms with E-state index < -0.39 is 0 Å². The minimum Gasteiger partial charge on any atom is -0.355 e. The zero-order valence-electron chi connectivity index (χ0n) is 11.0. The van der Waals surface area contributed by atoms with Crippen LogP contribution >= 0.6 is 46.9 Å².